The lowest BCUT2D eigenvalue weighted by Gasteiger charge is -2.33. The number of nitrogens with zero attached hydrogens (tertiary/aromatic N) is 4. The first kappa shape index (κ1) is 27.2. The summed E-state index contributed by atoms with van der Waals surface area (Å²) in [6.07, 6.45) is -2.80. The summed E-state index contributed by atoms with van der Waals surface area (Å²) < 4.78 is 56.5. The van der Waals surface area contributed by atoms with Crippen molar-refractivity contribution in [1.29, 1.82) is 0 Å². The van der Waals surface area contributed by atoms with Crippen molar-refractivity contribution in [3.8, 4) is 11.8 Å². The van der Waals surface area contributed by atoms with Gasteiger partial charge in [0.1, 0.15) is 29.3 Å². The molecule has 9 nitrogen and oxygen atoms in total. The molecule has 2 aromatic heterocycles. The van der Waals surface area contributed by atoms with E-state index in [1.54, 1.807) is 12.1 Å². The molecule has 0 radical (unpaired) electrons. The minimum Gasteiger partial charge on any atom is -0.364 e. The van der Waals surface area contributed by atoms with Crippen LogP contribution in [0.1, 0.15) is 36.9 Å². The maximum Gasteiger partial charge on any atom is 0.393 e. The molecule has 0 aromatic carbocycles. The molecule has 1 aliphatic carbocycles. The number of hydrazone groups is 1. The van der Waals surface area contributed by atoms with Gasteiger partial charge in [0.2, 0.25) is 5.91 Å². The fourth-order valence-corrected chi connectivity index (χ4v) is 5.23. The Labute approximate surface area is 223 Å². The predicted molar refractivity (Wildman–Crippen MR) is 139 cm³/mol. The van der Waals surface area contributed by atoms with Crippen LogP contribution in [-0.2, 0) is 11.2 Å². The third-order valence-electron chi connectivity index (χ3n) is 7.57. The molecule has 13 heteroatoms. The number of alkyl halides is 4. The van der Waals surface area contributed by atoms with Crippen molar-refractivity contribution in [2.75, 3.05) is 32.0 Å². The van der Waals surface area contributed by atoms with Gasteiger partial charge in [-0.05, 0) is 43.9 Å². The number of halogens is 4. The number of hydrogen-bond acceptors (Lipinski definition) is 7. The Hall–Kier alpha value is -3.37. The number of aromatic nitrogens is 2. The number of pyridine rings is 1. The molecule has 1 saturated carbocycles. The fraction of sp³-hybridized carbons (Fsp3) is 0.577. The molecule has 4 atom stereocenters. The molecule has 0 bridgehead atoms. The number of rotatable bonds is 7. The van der Waals surface area contributed by atoms with Crippen LogP contribution in [0.5, 0.6) is 0 Å². The number of likely N-dealkylation sites (tertiary alicyclic amines) is 1. The zero-order valence-corrected chi connectivity index (χ0v) is 21.6. The van der Waals surface area contributed by atoms with Crippen LogP contribution in [-0.4, -0.2) is 77.9 Å². The second-order valence-corrected chi connectivity index (χ2v) is 10.7. The average Bonchev–Trinajstić information content (AvgIpc) is 3.51. The molecular formula is C26H32F4N8O. The molecule has 2 aromatic rings. The molecule has 2 fully saturated rings. The first-order valence-corrected chi connectivity index (χ1v) is 13.0. The molecule has 4 heterocycles. The van der Waals surface area contributed by atoms with Crippen LogP contribution in [0.15, 0.2) is 23.3 Å². The van der Waals surface area contributed by atoms with Gasteiger partial charge in [0.25, 0.3) is 0 Å². The zero-order valence-electron chi connectivity index (χ0n) is 21.6. The SMILES string of the molecule is CN1CC[C@@H](Nc2cccc3c(CC(F)(F)F)c(C#CCNC(=O)C4(CC5CC5)C=NNC4N)nn23)[C@@H](F)C1. The van der Waals surface area contributed by atoms with E-state index < -0.39 is 36.4 Å². The van der Waals surface area contributed by atoms with Gasteiger partial charge in [0, 0.05) is 24.9 Å². The highest BCUT2D eigenvalue weighted by Crippen LogP contribution is 2.42. The third kappa shape index (κ3) is 5.96. The second kappa shape index (κ2) is 10.7. The molecule has 39 heavy (non-hydrogen) atoms. The molecule has 210 valence electrons. The van der Waals surface area contributed by atoms with Crippen LogP contribution < -0.4 is 21.8 Å². The molecule has 1 saturated heterocycles. The summed E-state index contributed by atoms with van der Waals surface area (Å²) in [4.78, 5) is 14.9. The van der Waals surface area contributed by atoms with Gasteiger partial charge in [-0.15, -0.1) is 0 Å². The first-order chi connectivity index (χ1) is 18.6. The lowest BCUT2D eigenvalue weighted by molar-refractivity contribution is -0.128. The van der Waals surface area contributed by atoms with Crippen LogP contribution in [0.4, 0.5) is 23.4 Å². The van der Waals surface area contributed by atoms with E-state index in [4.69, 9.17) is 5.73 Å². The molecular weight excluding hydrogens is 516 g/mol. The fourth-order valence-electron chi connectivity index (χ4n) is 5.23. The maximum absolute atomic E-state index is 14.6. The van der Waals surface area contributed by atoms with Crippen molar-refractivity contribution in [3.05, 3.63) is 29.5 Å². The van der Waals surface area contributed by atoms with Gasteiger partial charge in [-0.3, -0.25) is 10.2 Å². The Morgan fingerprint density at radius 3 is 2.77 bits per heavy atom. The highest BCUT2D eigenvalue weighted by atomic mass is 19.4. The number of nitrogens with two attached hydrogens (primary N) is 1. The Balaban J connectivity index is 1.37. The molecule has 2 aliphatic heterocycles. The number of amides is 1. The molecule has 2 unspecified atom stereocenters. The number of piperidine rings is 1. The number of carbonyl (C=O) groups is 1. The van der Waals surface area contributed by atoms with Crippen molar-refractivity contribution in [2.24, 2.45) is 22.2 Å². The molecule has 5 rings (SSSR count). The first-order valence-electron chi connectivity index (χ1n) is 13.0. The minimum absolute atomic E-state index is 0.0514. The quantitative estimate of drug-likeness (QED) is 0.311. The molecule has 0 spiro atoms. The monoisotopic (exact) mass is 548 g/mol. The molecule has 5 N–H and O–H groups in total. The van der Waals surface area contributed by atoms with Gasteiger partial charge in [-0.2, -0.15) is 23.4 Å². The summed E-state index contributed by atoms with van der Waals surface area (Å²) in [5, 5.41) is 14.2. The van der Waals surface area contributed by atoms with Crippen LogP contribution in [0.2, 0.25) is 0 Å². The van der Waals surface area contributed by atoms with E-state index >= 15 is 0 Å². The summed E-state index contributed by atoms with van der Waals surface area (Å²) in [6, 6.07) is 4.30. The van der Waals surface area contributed by atoms with Crippen LogP contribution in [0, 0.1) is 23.2 Å². The smallest absolute Gasteiger partial charge is 0.364 e. The predicted octanol–water partition coefficient (Wildman–Crippen LogP) is 2.02. The summed E-state index contributed by atoms with van der Waals surface area (Å²) in [5.41, 5.74) is 7.96. The van der Waals surface area contributed by atoms with Gasteiger partial charge >= 0.3 is 6.18 Å². The van der Waals surface area contributed by atoms with Crippen molar-refractivity contribution >= 4 is 23.5 Å². The van der Waals surface area contributed by atoms with Gasteiger partial charge < -0.3 is 21.3 Å². The van der Waals surface area contributed by atoms with Gasteiger partial charge in [-0.1, -0.05) is 24.8 Å². The zero-order chi connectivity index (χ0) is 27.8. The third-order valence-corrected chi connectivity index (χ3v) is 7.57. The number of hydrogen-bond donors (Lipinski definition) is 4. The number of anilines is 1. The Bertz CT molecular complexity index is 1310. The Morgan fingerprint density at radius 2 is 2.10 bits per heavy atom. The lowest BCUT2D eigenvalue weighted by Crippen LogP contribution is -2.55. The highest BCUT2D eigenvalue weighted by molar-refractivity contribution is 6.00. The van der Waals surface area contributed by atoms with Gasteiger partial charge in [0.15, 0.2) is 0 Å². The number of carbonyl (C=O) groups excluding carboxylic acids is 1. The minimum atomic E-state index is -4.49. The summed E-state index contributed by atoms with van der Waals surface area (Å²) in [6.45, 7) is 0.863. The molecule has 1 amide bonds. The Kier molecular flexibility index (Phi) is 7.43. The van der Waals surface area contributed by atoms with Crippen LogP contribution >= 0.6 is 0 Å². The van der Waals surface area contributed by atoms with Crippen LogP contribution in [0.25, 0.3) is 5.52 Å². The second-order valence-electron chi connectivity index (χ2n) is 10.7. The van der Waals surface area contributed by atoms with E-state index in [-0.39, 0.29) is 35.8 Å². The Morgan fingerprint density at radius 1 is 1.31 bits per heavy atom. The number of fused-ring (bicyclic) bond motifs is 1. The van der Waals surface area contributed by atoms with Gasteiger partial charge in [0.05, 0.1) is 24.5 Å². The summed E-state index contributed by atoms with van der Waals surface area (Å²) >= 11 is 0. The van der Waals surface area contributed by atoms with E-state index in [9.17, 15) is 22.4 Å². The van der Waals surface area contributed by atoms with E-state index in [1.165, 1.54) is 16.8 Å². The van der Waals surface area contributed by atoms with E-state index in [1.807, 2.05) is 11.9 Å². The van der Waals surface area contributed by atoms with E-state index in [0.717, 1.165) is 12.8 Å². The molecule has 3 aliphatic rings. The van der Waals surface area contributed by atoms with Crippen LogP contribution in [0.3, 0.4) is 0 Å². The van der Waals surface area contributed by atoms with Crippen molar-refractivity contribution in [1.82, 2.24) is 25.3 Å². The maximum atomic E-state index is 14.6. The standard InChI is InChI=1S/C26H32F4N8O/c1-37-11-9-20(18(27)14-37)34-22-6-2-5-21-17(13-26(28,29)30)19(36-38(21)22)4-3-10-32-24(39)25(12-16-7-8-16)15-33-35-23(25)31/h2,5-6,15-16,18,20,23,34-35H,7-14,31H2,1H3,(H,32,39)/t18-,20+,23?,25?/m0/s1. The largest absolute Gasteiger partial charge is 0.393 e. The van der Waals surface area contributed by atoms with Gasteiger partial charge in [-0.25, -0.2) is 8.91 Å². The average molecular weight is 549 g/mol. The van der Waals surface area contributed by atoms with E-state index in [0.29, 0.717) is 31.1 Å². The topological polar surface area (TPSA) is 112 Å². The summed E-state index contributed by atoms with van der Waals surface area (Å²) in [7, 11) is 1.84. The van der Waals surface area contributed by atoms with Crippen molar-refractivity contribution < 1.29 is 22.4 Å². The van der Waals surface area contributed by atoms with Crippen molar-refractivity contribution in [3.63, 3.8) is 0 Å². The van der Waals surface area contributed by atoms with E-state index in [2.05, 4.69) is 38.1 Å². The number of nitrogens with one attached hydrogen (secondary N) is 3. The normalized spacial score (nSPS) is 27.2. The van der Waals surface area contributed by atoms with Crippen molar-refractivity contribution in [2.45, 2.75) is 56.7 Å². The summed E-state index contributed by atoms with van der Waals surface area (Å²) in [5.74, 6) is 5.91. The lowest BCUT2D eigenvalue weighted by atomic mass is 9.80. The highest BCUT2D eigenvalue weighted by Gasteiger charge is 2.49.